The Morgan fingerprint density at radius 3 is 3.00 bits per heavy atom. The van der Waals surface area contributed by atoms with Gasteiger partial charge in [0, 0.05) is 6.54 Å². The second-order valence-electron chi connectivity index (χ2n) is 3.83. The minimum absolute atomic E-state index is 0.0100. The number of aromatic nitrogens is 2. The van der Waals surface area contributed by atoms with Gasteiger partial charge >= 0.3 is 0 Å². The van der Waals surface area contributed by atoms with E-state index >= 15 is 0 Å². The molecule has 0 fully saturated rings. The fourth-order valence-electron chi connectivity index (χ4n) is 1.44. The molecular formula is C11H11BFN5O3. The first-order valence-electron chi connectivity index (χ1n) is 5.85. The van der Waals surface area contributed by atoms with Crippen molar-refractivity contribution in [3.8, 4) is 5.88 Å². The van der Waals surface area contributed by atoms with Crippen molar-refractivity contribution in [3.05, 3.63) is 29.7 Å². The number of hydrogen-bond acceptors (Lipinski definition) is 7. The minimum atomic E-state index is -0.567. The third kappa shape index (κ3) is 3.55. The summed E-state index contributed by atoms with van der Waals surface area (Å²) in [6, 6.07) is 3.81. The van der Waals surface area contributed by atoms with E-state index in [9.17, 15) is 4.39 Å². The Bertz CT molecular complexity index is 649. The average Bonchev–Trinajstić information content (AvgIpc) is 2.94. The van der Waals surface area contributed by atoms with Crippen molar-refractivity contribution < 1.29 is 19.0 Å². The Hall–Kier alpha value is -2.46. The molecular weight excluding hydrogens is 280 g/mol. The van der Waals surface area contributed by atoms with Gasteiger partial charge in [0.25, 0.3) is 5.88 Å². The van der Waals surface area contributed by atoms with E-state index in [-0.39, 0.29) is 36.0 Å². The molecule has 2 radical (unpaired) electrons. The van der Waals surface area contributed by atoms with Crippen LogP contribution in [0.3, 0.4) is 0 Å². The minimum Gasteiger partial charge on any atom is -0.472 e. The fourth-order valence-corrected chi connectivity index (χ4v) is 1.44. The number of hydroxylamine groups is 1. The van der Waals surface area contributed by atoms with Crippen LogP contribution in [-0.2, 0) is 0 Å². The first kappa shape index (κ1) is 14.9. The molecule has 8 nitrogen and oxygen atoms in total. The van der Waals surface area contributed by atoms with Crippen molar-refractivity contribution in [3.63, 3.8) is 0 Å². The molecule has 0 unspecified atom stereocenters. The Kier molecular flexibility index (Phi) is 4.85. The molecule has 0 aliphatic heterocycles. The van der Waals surface area contributed by atoms with Crippen LogP contribution < -0.4 is 21.4 Å². The van der Waals surface area contributed by atoms with E-state index in [1.807, 2.05) is 5.48 Å². The highest BCUT2D eigenvalue weighted by atomic mass is 19.1. The molecule has 0 saturated heterocycles. The third-order valence-electron chi connectivity index (χ3n) is 2.37. The molecule has 0 bridgehead atoms. The standard InChI is InChI=1S/C11H11BFN5O3/c12-7-5-6(1-2-8(7)13)15-10(16-19)9-11(18-21-17-9)20-4-3-14/h1-2,5,19H,3-4,14H2,(H,15,16). The van der Waals surface area contributed by atoms with Gasteiger partial charge in [-0.05, 0) is 28.5 Å². The summed E-state index contributed by atoms with van der Waals surface area (Å²) in [5.41, 5.74) is 7.40. The number of benzene rings is 1. The normalized spacial score (nSPS) is 11.5. The molecule has 0 aliphatic rings. The topological polar surface area (TPSA) is 119 Å². The summed E-state index contributed by atoms with van der Waals surface area (Å²) >= 11 is 0. The SMILES string of the molecule is [B]c1cc(N=C(NO)c2nonc2OCCN)ccc1F. The van der Waals surface area contributed by atoms with Gasteiger partial charge in [0.2, 0.25) is 5.69 Å². The maximum Gasteiger partial charge on any atom is 0.287 e. The van der Waals surface area contributed by atoms with Gasteiger partial charge in [-0.1, -0.05) is 5.46 Å². The summed E-state index contributed by atoms with van der Waals surface area (Å²) in [6.07, 6.45) is 0. The van der Waals surface area contributed by atoms with Gasteiger partial charge in [0.1, 0.15) is 20.3 Å². The predicted molar refractivity (Wildman–Crippen MR) is 71.8 cm³/mol. The predicted octanol–water partition coefficient (Wildman–Crippen LogP) is -0.603. The number of nitrogens with zero attached hydrogens (tertiary/aromatic N) is 3. The number of rotatable bonds is 5. The van der Waals surface area contributed by atoms with Crippen LogP contribution in [-0.4, -0.2) is 42.4 Å². The Morgan fingerprint density at radius 1 is 1.52 bits per heavy atom. The highest BCUT2D eigenvalue weighted by Crippen LogP contribution is 2.17. The number of hydrogen-bond donors (Lipinski definition) is 3. The highest BCUT2D eigenvalue weighted by molar-refractivity contribution is 6.32. The average molecular weight is 291 g/mol. The van der Waals surface area contributed by atoms with Crippen molar-refractivity contribution in [2.75, 3.05) is 13.2 Å². The lowest BCUT2D eigenvalue weighted by Crippen LogP contribution is -2.22. The van der Waals surface area contributed by atoms with E-state index in [0.717, 1.165) is 6.07 Å². The number of aliphatic imine (C=N–C) groups is 1. The van der Waals surface area contributed by atoms with Gasteiger partial charge in [-0.25, -0.2) is 14.0 Å². The van der Waals surface area contributed by atoms with Crippen LogP contribution in [0.25, 0.3) is 0 Å². The van der Waals surface area contributed by atoms with Crippen LogP contribution in [0.2, 0.25) is 0 Å². The van der Waals surface area contributed by atoms with Crippen LogP contribution in [0.1, 0.15) is 5.69 Å². The van der Waals surface area contributed by atoms with Gasteiger partial charge < -0.3 is 10.5 Å². The van der Waals surface area contributed by atoms with Crippen molar-refractivity contribution in [2.45, 2.75) is 0 Å². The molecule has 0 spiro atoms. The lowest BCUT2D eigenvalue weighted by Gasteiger charge is -2.04. The lowest BCUT2D eigenvalue weighted by atomic mass is 9.95. The molecule has 0 saturated carbocycles. The zero-order valence-corrected chi connectivity index (χ0v) is 10.8. The molecule has 10 heteroatoms. The smallest absolute Gasteiger partial charge is 0.287 e. The largest absolute Gasteiger partial charge is 0.472 e. The molecule has 108 valence electrons. The molecule has 0 atom stereocenters. The fraction of sp³-hybridized carbons (Fsp3) is 0.182. The zero-order chi connectivity index (χ0) is 15.2. The number of amidine groups is 1. The molecule has 1 heterocycles. The van der Waals surface area contributed by atoms with Crippen molar-refractivity contribution >= 4 is 24.8 Å². The van der Waals surface area contributed by atoms with E-state index in [1.54, 1.807) is 0 Å². The summed E-state index contributed by atoms with van der Waals surface area (Å²) < 4.78 is 22.8. The summed E-state index contributed by atoms with van der Waals surface area (Å²) in [5.74, 6) is -0.660. The maximum atomic E-state index is 13.1. The van der Waals surface area contributed by atoms with E-state index in [0.29, 0.717) is 5.69 Å². The third-order valence-corrected chi connectivity index (χ3v) is 2.37. The van der Waals surface area contributed by atoms with E-state index in [1.165, 1.54) is 12.1 Å². The Balaban J connectivity index is 2.32. The van der Waals surface area contributed by atoms with E-state index in [2.05, 4.69) is 19.9 Å². The summed E-state index contributed by atoms with van der Waals surface area (Å²) in [4.78, 5) is 4.03. The Labute approximate surface area is 120 Å². The van der Waals surface area contributed by atoms with Crippen LogP contribution in [0.15, 0.2) is 27.8 Å². The summed E-state index contributed by atoms with van der Waals surface area (Å²) in [7, 11) is 5.44. The van der Waals surface area contributed by atoms with E-state index in [4.69, 9.17) is 23.5 Å². The van der Waals surface area contributed by atoms with Crippen LogP contribution in [0.5, 0.6) is 5.88 Å². The molecule has 1 aromatic carbocycles. The summed E-state index contributed by atoms with van der Waals surface area (Å²) in [5, 5.41) is 16.2. The van der Waals surface area contributed by atoms with Crippen molar-refractivity contribution in [1.29, 1.82) is 0 Å². The monoisotopic (exact) mass is 291 g/mol. The van der Waals surface area contributed by atoms with Gasteiger partial charge in [-0.15, -0.1) is 0 Å². The zero-order valence-electron chi connectivity index (χ0n) is 10.8. The number of ether oxygens (including phenoxy) is 1. The molecule has 0 amide bonds. The maximum absolute atomic E-state index is 13.1. The number of nitrogens with one attached hydrogen (secondary N) is 1. The second kappa shape index (κ2) is 6.82. The van der Waals surface area contributed by atoms with E-state index < -0.39 is 5.82 Å². The molecule has 1 aromatic heterocycles. The molecule has 4 N–H and O–H groups in total. The Morgan fingerprint density at radius 2 is 2.33 bits per heavy atom. The van der Waals surface area contributed by atoms with Crippen LogP contribution in [0, 0.1) is 5.82 Å². The number of halogens is 1. The lowest BCUT2D eigenvalue weighted by molar-refractivity contribution is 0.233. The van der Waals surface area contributed by atoms with Gasteiger partial charge in [0.05, 0.1) is 5.69 Å². The molecule has 21 heavy (non-hydrogen) atoms. The molecule has 0 aliphatic carbocycles. The van der Waals surface area contributed by atoms with Crippen LogP contribution >= 0.6 is 0 Å². The first-order chi connectivity index (χ1) is 10.2. The van der Waals surface area contributed by atoms with Crippen LogP contribution in [0.4, 0.5) is 10.1 Å². The highest BCUT2D eigenvalue weighted by Gasteiger charge is 2.18. The number of nitrogens with two attached hydrogens (primary N) is 1. The van der Waals surface area contributed by atoms with Crippen molar-refractivity contribution in [1.82, 2.24) is 15.8 Å². The van der Waals surface area contributed by atoms with Gasteiger partial charge in [-0.2, -0.15) is 0 Å². The first-order valence-corrected chi connectivity index (χ1v) is 5.85. The van der Waals surface area contributed by atoms with Gasteiger partial charge in [-0.3, -0.25) is 10.7 Å². The summed E-state index contributed by atoms with van der Waals surface area (Å²) in [6.45, 7) is 0.448. The quantitative estimate of drug-likeness (QED) is 0.291. The second-order valence-corrected chi connectivity index (χ2v) is 3.83. The molecule has 2 rings (SSSR count). The van der Waals surface area contributed by atoms with Gasteiger partial charge in [0.15, 0.2) is 5.84 Å². The molecule has 2 aromatic rings. The van der Waals surface area contributed by atoms with Crippen molar-refractivity contribution in [2.24, 2.45) is 10.7 Å².